The Morgan fingerprint density at radius 2 is 1.61 bits per heavy atom. The minimum atomic E-state index is -3.82. The zero-order valence-electron chi connectivity index (χ0n) is 9.94. The molecule has 0 aromatic carbocycles. The van der Waals surface area contributed by atoms with Gasteiger partial charge in [-0.15, -0.1) is 0 Å². The Kier molecular flexibility index (Phi) is 4.70. The van der Waals surface area contributed by atoms with E-state index in [2.05, 4.69) is 0 Å². The van der Waals surface area contributed by atoms with E-state index in [-0.39, 0.29) is 32.7 Å². The van der Waals surface area contributed by atoms with Crippen LogP contribution in [0.25, 0.3) is 0 Å². The van der Waals surface area contributed by atoms with Crippen molar-refractivity contribution in [1.82, 2.24) is 9.21 Å². The largest absolute Gasteiger partial charge is 0.480 e. The highest BCUT2D eigenvalue weighted by Crippen LogP contribution is 2.09. The summed E-state index contributed by atoms with van der Waals surface area (Å²) in [4.78, 5) is 12.1. The van der Waals surface area contributed by atoms with Crippen molar-refractivity contribution >= 4 is 25.8 Å². The second kappa shape index (κ2) is 5.51. The average molecular weight is 300 g/mol. The number of hydrogen-bond acceptors (Lipinski definition) is 6. The van der Waals surface area contributed by atoms with Crippen molar-refractivity contribution < 1.29 is 26.7 Å². The molecule has 1 fully saturated rings. The number of hydrogen-bond donors (Lipinski definition) is 1. The summed E-state index contributed by atoms with van der Waals surface area (Å²) in [5.74, 6) is -0.970. The van der Waals surface area contributed by atoms with Gasteiger partial charge < -0.3 is 5.11 Å². The summed E-state index contributed by atoms with van der Waals surface area (Å²) in [5.41, 5.74) is 0. The number of aliphatic carboxylic acids is 1. The smallest absolute Gasteiger partial charge is 0.317 e. The molecule has 106 valence electrons. The minimum absolute atomic E-state index is 0.116. The summed E-state index contributed by atoms with van der Waals surface area (Å²) in [7, 11) is -7.42. The van der Waals surface area contributed by atoms with Crippen LogP contribution >= 0.6 is 0 Å². The van der Waals surface area contributed by atoms with Gasteiger partial charge in [-0.2, -0.15) is 4.31 Å². The maximum absolute atomic E-state index is 11.7. The van der Waals surface area contributed by atoms with Crippen molar-refractivity contribution in [2.75, 3.05) is 44.1 Å². The molecule has 0 radical (unpaired) electrons. The van der Waals surface area contributed by atoms with E-state index >= 15 is 0 Å². The van der Waals surface area contributed by atoms with E-state index < -0.39 is 30.9 Å². The van der Waals surface area contributed by atoms with E-state index in [1.165, 1.54) is 0 Å². The fraction of sp³-hybridized carbons (Fsp3) is 0.875. The van der Waals surface area contributed by atoms with Gasteiger partial charge in [0.15, 0.2) is 14.9 Å². The number of rotatable bonds is 5. The van der Waals surface area contributed by atoms with Gasteiger partial charge in [0, 0.05) is 32.4 Å². The normalized spacial score (nSPS) is 19.8. The Hall–Kier alpha value is -0.710. The van der Waals surface area contributed by atoms with E-state index in [4.69, 9.17) is 5.11 Å². The van der Waals surface area contributed by atoms with Crippen molar-refractivity contribution in [3.05, 3.63) is 0 Å². The lowest BCUT2D eigenvalue weighted by Crippen LogP contribution is -2.50. The maximum atomic E-state index is 11.7. The number of carbonyl (C=O) groups is 1. The molecule has 0 amide bonds. The lowest BCUT2D eigenvalue weighted by molar-refractivity contribution is -0.138. The minimum Gasteiger partial charge on any atom is -0.480 e. The Morgan fingerprint density at radius 1 is 1.11 bits per heavy atom. The predicted octanol–water partition coefficient (Wildman–Crippen LogP) is -1.98. The predicted molar refractivity (Wildman–Crippen MR) is 64.3 cm³/mol. The third-order valence-corrected chi connectivity index (χ3v) is 6.50. The topological polar surface area (TPSA) is 112 Å². The summed E-state index contributed by atoms with van der Waals surface area (Å²) in [5, 5.41) is 7.69. The summed E-state index contributed by atoms with van der Waals surface area (Å²) >= 11 is 0. The van der Waals surface area contributed by atoms with Crippen molar-refractivity contribution in [3.63, 3.8) is 0 Å². The second-order valence-corrected chi connectivity index (χ2v) is 8.70. The number of nitrogens with zero attached hydrogens (tertiary/aromatic N) is 2. The summed E-state index contributed by atoms with van der Waals surface area (Å²) in [6.07, 6.45) is 0.866. The van der Waals surface area contributed by atoms with Crippen LogP contribution in [0, 0.1) is 0 Å². The van der Waals surface area contributed by atoms with Crippen molar-refractivity contribution in [2.24, 2.45) is 0 Å². The van der Waals surface area contributed by atoms with Crippen molar-refractivity contribution in [2.45, 2.75) is 0 Å². The first-order valence-electron chi connectivity index (χ1n) is 5.20. The monoisotopic (exact) mass is 300 g/mol. The van der Waals surface area contributed by atoms with Crippen molar-refractivity contribution in [1.29, 1.82) is 0 Å². The quantitative estimate of drug-likeness (QED) is 0.626. The fourth-order valence-corrected chi connectivity index (χ4v) is 5.18. The highest BCUT2D eigenvalue weighted by atomic mass is 32.3. The van der Waals surface area contributed by atoms with Crippen LogP contribution in [-0.4, -0.2) is 81.2 Å². The van der Waals surface area contributed by atoms with Crippen LogP contribution in [0.1, 0.15) is 0 Å². The molecular formula is C8H16N2O6S2. The summed E-state index contributed by atoms with van der Waals surface area (Å²) in [6, 6.07) is 0. The molecular weight excluding hydrogens is 284 g/mol. The molecule has 1 aliphatic heterocycles. The number of carboxylic acid groups (broad SMARTS) is 1. The molecule has 1 saturated heterocycles. The standard InChI is InChI=1S/C8H16N2O6S2/c1-17(13,14)7-18(15,16)10-4-2-9(3-5-10)6-8(11)12/h2-7H2,1H3,(H,11,12). The van der Waals surface area contributed by atoms with Gasteiger partial charge in [0.2, 0.25) is 10.0 Å². The first-order chi connectivity index (χ1) is 8.10. The number of sulfone groups is 1. The molecule has 0 saturated carbocycles. The zero-order valence-corrected chi connectivity index (χ0v) is 11.6. The van der Waals surface area contributed by atoms with E-state index in [0.29, 0.717) is 0 Å². The van der Waals surface area contributed by atoms with Crippen molar-refractivity contribution in [3.8, 4) is 0 Å². The molecule has 0 unspecified atom stereocenters. The Morgan fingerprint density at radius 3 is 2.00 bits per heavy atom. The molecule has 1 aliphatic rings. The second-order valence-electron chi connectivity index (χ2n) is 4.22. The fourth-order valence-electron chi connectivity index (χ4n) is 1.70. The third kappa shape index (κ3) is 4.88. The molecule has 1 N–H and O–H groups in total. The first-order valence-corrected chi connectivity index (χ1v) is 8.87. The van der Waals surface area contributed by atoms with Gasteiger partial charge in [-0.3, -0.25) is 9.69 Å². The molecule has 0 aromatic rings. The Labute approximate surface area is 106 Å². The van der Waals surface area contributed by atoms with E-state index in [0.717, 1.165) is 10.6 Å². The third-order valence-electron chi connectivity index (χ3n) is 2.45. The van der Waals surface area contributed by atoms with Crippen LogP contribution in [0.15, 0.2) is 0 Å². The molecule has 18 heavy (non-hydrogen) atoms. The van der Waals surface area contributed by atoms with Gasteiger partial charge in [-0.25, -0.2) is 16.8 Å². The molecule has 0 bridgehead atoms. The van der Waals surface area contributed by atoms with Gasteiger partial charge in [-0.1, -0.05) is 0 Å². The Balaban J connectivity index is 2.60. The van der Waals surface area contributed by atoms with Gasteiger partial charge >= 0.3 is 5.97 Å². The molecule has 0 aliphatic carbocycles. The van der Waals surface area contributed by atoms with Gasteiger partial charge in [-0.05, 0) is 0 Å². The van der Waals surface area contributed by atoms with Crippen LogP contribution in [0.5, 0.6) is 0 Å². The molecule has 0 spiro atoms. The molecule has 0 atom stereocenters. The lowest BCUT2D eigenvalue weighted by atomic mass is 10.3. The molecule has 8 nitrogen and oxygen atoms in total. The van der Waals surface area contributed by atoms with Crippen LogP contribution in [-0.2, 0) is 24.7 Å². The van der Waals surface area contributed by atoms with E-state index in [1.54, 1.807) is 4.90 Å². The molecule has 1 rings (SSSR count). The molecule has 1 heterocycles. The zero-order chi connectivity index (χ0) is 14.0. The number of sulfonamides is 1. The van der Waals surface area contributed by atoms with Crippen LogP contribution in [0.2, 0.25) is 0 Å². The first kappa shape index (κ1) is 15.3. The van der Waals surface area contributed by atoms with Crippen LogP contribution < -0.4 is 0 Å². The van der Waals surface area contributed by atoms with Crippen LogP contribution in [0.3, 0.4) is 0 Å². The lowest BCUT2D eigenvalue weighted by Gasteiger charge is -2.32. The number of carboxylic acids is 1. The average Bonchev–Trinajstić information content (AvgIpc) is 2.13. The highest BCUT2D eigenvalue weighted by Gasteiger charge is 2.30. The van der Waals surface area contributed by atoms with Gasteiger partial charge in [0.05, 0.1) is 6.54 Å². The summed E-state index contributed by atoms with van der Waals surface area (Å²) in [6.45, 7) is 0.667. The maximum Gasteiger partial charge on any atom is 0.317 e. The molecule has 0 aromatic heterocycles. The van der Waals surface area contributed by atoms with E-state index in [1.807, 2.05) is 0 Å². The van der Waals surface area contributed by atoms with E-state index in [9.17, 15) is 21.6 Å². The SMILES string of the molecule is CS(=O)(=O)CS(=O)(=O)N1CCN(CC(=O)O)CC1. The number of piperazine rings is 1. The van der Waals surface area contributed by atoms with Crippen LogP contribution in [0.4, 0.5) is 0 Å². The highest BCUT2D eigenvalue weighted by molar-refractivity contribution is 8.06. The van der Waals surface area contributed by atoms with Gasteiger partial charge in [0.1, 0.15) is 0 Å². The summed E-state index contributed by atoms with van der Waals surface area (Å²) < 4.78 is 46.6. The molecule has 10 heteroatoms. The van der Waals surface area contributed by atoms with Gasteiger partial charge in [0.25, 0.3) is 0 Å². The Bertz CT molecular complexity index is 504.